The van der Waals surface area contributed by atoms with Gasteiger partial charge in [-0.2, -0.15) is 0 Å². The second-order valence-electron chi connectivity index (χ2n) is 6.74. The second-order valence-corrected chi connectivity index (χ2v) is 8.32. The van der Waals surface area contributed by atoms with Crippen molar-refractivity contribution in [3.05, 3.63) is 35.9 Å². The molecule has 144 valence electrons. The Bertz CT molecular complexity index is 533. The molecule has 0 saturated carbocycles. The van der Waals surface area contributed by atoms with Crippen molar-refractivity contribution in [3.63, 3.8) is 0 Å². The van der Waals surface area contributed by atoms with Gasteiger partial charge >= 0.3 is 0 Å². The Labute approximate surface area is 171 Å². The van der Waals surface area contributed by atoms with Crippen molar-refractivity contribution in [2.45, 2.75) is 32.6 Å². The van der Waals surface area contributed by atoms with E-state index in [1.54, 1.807) is 14.2 Å². The predicted octanol–water partition coefficient (Wildman–Crippen LogP) is 2.78. The first-order valence-corrected chi connectivity index (χ1v) is 9.72. The van der Waals surface area contributed by atoms with Gasteiger partial charge in [0.05, 0.1) is 6.10 Å². The first kappa shape index (κ1) is 24.3. The summed E-state index contributed by atoms with van der Waals surface area (Å²) in [6.07, 6.45) is 0.0864. The fraction of sp³-hybridized carbons (Fsp3) is 0.611. The fourth-order valence-corrected chi connectivity index (χ4v) is 3.31. The quantitative estimate of drug-likeness (QED) is 0.341. The number of aliphatic imine (C=N–C) groups is 1. The summed E-state index contributed by atoms with van der Waals surface area (Å²) >= 11 is 0. The molecular formula is C18H32IN3O2S. The van der Waals surface area contributed by atoms with Crippen LogP contribution in [0.4, 0.5) is 0 Å². The highest BCUT2D eigenvalue weighted by molar-refractivity contribution is 14.0. The number of guanidine groups is 1. The molecule has 0 bridgehead atoms. The highest BCUT2D eigenvalue weighted by Gasteiger charge is 2.24. The van der Waals surface area contributed by atoms with E-state index in [0.717, 1.165) is 5.56 Å². The molecule has 1 rings (SSSR count). The second kappa shape index (κ2) is 12.6. The first-order valence-electron chi connectivity index (χ1n) is 8.23. The molecule has 2 unspecified atom stereocenters. The van der Waals surface area contributed by atoms with Crippen LogP contribution in [-0.4, -0.2) is 49.3 Å². The standard InChI is InChI=1S/C18H31N3O2S.HI/c1-18(2,3)16(23-5)13-21-17(19-4)20-11-12-24(22)14-15-9-7-6-8-10-15;/h6-10,16H,11-14H2,1-5H3,(H2,19,20,21);1H. The molecule has 0 aliphatic carbocycles. The van der Waals surface area contributed by atoms with Crippen molar-refractivity contribution in [1.29, 1.82) is 0 Å². The van der Waals surface area contributed by atoms with Crippen LogP contribution in [0.25, 0.3) is 0 Å². The van der Waals surface area contributed by atoms with E-state index in [1.807, 2.05) is 30.3 Å². The topological polar surface area (TPSA) is 62.7 Å². The predicted molar refractivity (Wildman–Crippen MR) is 118 cm³/mol. The molecule has 1 aromatic carbocycles. The zero-order chi connectivity index (χ0) is 18.0. The van der Waals surface area contributed by atoms with E-state index in [2.05, 4.69) is 36.4 Å². The van der Waals surface area contributed by atoms with E-state index >= 15 is 0 Å². The molecular weight excluding hydrogens is 449 g/mol. The molecule has 0 amide bonds. The zero-order valence-corrected chi connectivity index (χ0v) is 19.0. The van der Waals surface area contributed by atoms with Crippen molar-refractivity contribution in [3.8, 4) is 0 Å². The Morgan fingerprint density at radius 3 is 2.40 bits per heavy atom. The van der Waals surface area contributed by atoms with Gasteiger partial charge in [-0.15, -0.1) is 24.0 Å². The van der Waals surface area contributed by atoms with Crippen LogP contribution in [0.1, 0.15) is 26.3 Å². The minimum Gasteiger partial charge on any atom is -0.379 e. The van der Waals surface area contributed by atoms with Gasteiger partial charge < -0.3 is 15.4 Å². The molecule has 0 spiro atoms. The van der Waals surface area contributed by atoms with E-state index in [-0.39, 0.29) is 35.5 Å². The molecule has 0 aliphatic rings. The van der Waals surface area contributed by atoms with Crippen LogP contribution in [0.15, 0.2) is 35.3 Å². The number of ether oxygens (including phenoxy) is 1. The molecule has 7 heteroatoms. The first-order chi connectivity index (χ1) is 11.4. The highest BCUT2D eigenvalue weighted by atomic mass is 127. The molecule has 2 N–H and O–H groups in total. The van der Waals surface area contributed by atoms with Crippen LogP contribution in [-0.2, 0) is 21.3 Å². The average molecular weight is 481 g/mol. The van der Waals surface area contributed by atoms with Crippen LogP contribution < -0.4 is 10.6 Å². The normalized spacial score (nSPS) is 14.4. The lowest BCUT2D eigenvalue weighted by atomic mass is 9.89. The van der Waals surface area contributed by atoms with Crippen molar-refractivity contribution in [2.24, 2.45) is 10.4 Å². The molecule has 5 nitrogen and oxygen atoms in total. The summed E-state index contributed by atoms with van der Waals surface area (Å²) in [5, 5.41) is 6.47. The Morgan fingerprint density at radius 1 is 1.24 bits per heavy atom. The zero-order valence-electron chi connectivity index (χ0n) is 15.9. The van der Waals surface area contributed by atoms with Crippen LogP contribution >= 0.6 is 24.0 Å². The van der Waals surface area contributed by atoms with Crippen molar-refractivity contribution >= 4 is 40.7 Å². The molecule has 0 heterocycles. The number of methoxy groups -OCH3 is 1. The van der Waals surface area contributed by atoms with Gasteiger partial charge in [-0.1, -0.05) is 51.1 Å². The summed E-state index contributed by atoms with van der Waals surface area (Å²) in [5.41, 5.74) is 1.16. The Hall–Kier alpha value is -0.670. The van der Waals surface area contributed by atoms with Gasteiger partial charge in [0.2, 0.25) is 0 Å². The van der Waals surface area contributed by atoms with Crippen molar-refractivity contribution in [1.82, 2.24) is 10.6 Å². The maximum Gasteiger partial charge on any atom is 0.191 e. The number of rotatable bonds is 8. The average Bonchev–Trinajstić information content (AvgIpc) is 2.53. The summed E-state index contributed by atoms with van der Waals surface area (Å²) < 4.78 is 17.6. The smallest absolute Gasteiger partial charge is 0.191 e. The minimum absolute atomic E-state index is 0. The van der Waals surface area contributed by atoms with E-state index in [9.17, 15) is 4.21 Å². The summed E-state index contributed by atoms with van der Waals surface area (Å²) in [4.78, 5) is 4.20. The molecule has 25 heavy (non-hydrogen) atoms. The van der Waals surface area contributed by atoms with E-state index < -0.39 is 10.8 Å². The Balaban J connectivity index is 0.00000576. The highest BCUT2D eigenvalue weighted by Crippen LogP contribution is 2.20. The van der Waals surface area contributed by atoms with Crippen molar-refractivity contribution in [2.75, 3.05) is 33.0 Å². The number of halogens is 1. The van der Waals surface area contributed by atoms with E-state index in [4.69, 9.17) is 4.74 Å². The molecule has 0 fully saturated rings. The Morgan fingerprint density at radius 2 is 1.88 bits per heavy atom. The van der Waals surface area contributed by atoms with Crippen molar-refractivity contribution < 1.29 is 8.95 Å². The number of nitrogens with zero attached hydrogens (tertiary/aromatic N) is 1. The van der Waals surface area contributed by atoms with Crippen LogP contribution in [0.5, 0.6) is 0 Å². The number of nitrogens with one attached hydrogen (secondary N) is 2. The van der Waals surface area contributed by atoms with Gasteiger partial charge in [0.1, 0.15) is 0 Å². The van der Waals surface area contributed by atoms with E-state index in [1.165, 1.54) is 0 Å². The minimum atomic E-state index is -0.888. The molecule has 1 aromatic rings. The van der Waals surface area contributed by atoms with Gasteiger partial charge in [0, 0.05) is 49.6 Å². The maximum atomic E-state index is 12.1. The SMILES string of the molecule is CN=C(NCCS(=O)Cc1ccccc1)NCC(OC)C(C)(C)C.I. The van der Waals surface area contributed by atoms with Gasteiger partial charge in [-0.05, 0) is 11.0 Å². The number of benzene rings is 1. The molecule has 0 aliphatic heterocycles. The Kier molecular flexibility index (Phi) is 12.3. The summed E-state index contributed by atoms with van der Waals surface area (Å²) in [6, 6.07) is 9.91. The fourth-order valence-electron chi connectivity index (χ4n) is 2.27. The van der Waals surface area contributed by atoms with E-state index in [0.29, 0.717) is 30.6 Å². The number of hydrogen-bond donors (Lipinski definition) is 2. The molecule has 2 atom stereocenters. The lowest BCUT2D eigenvalue weighted by molar-refractivity contribution is 0.0205. The monoisotopic (exact) mass is 481 g/mol. The van der Waals surface area contributed by atoms with Gasteiger partial charge in [0.15, 0.2) is 5.96 Å². The third-order valence-electron chi connectivity index (χ3n) is 3.72. The lowest BCUT2D eigenvalue weighted by Crippen LogP contribution is -2.46. The molecule has 0 aromatic heterocycles. The number of hydrogen-bond acceptors (Lipinski definition) is 3. The summed E-state index contributed by atoms with van der Waals surface area (Å²) in [7, 11) is 2.57. The largest absolute Gasteiger partial charge is 0.379 e. The molecule has 0 radical (unpaired) electrons. The third kappa shape index (κ3) is 10.2. The van der Waals surface area contributed by atoms with Crippen LogP contribution in [0.2, 0.25) is 0 Å². The van der Waals surface area contributed by atoms with Gasteiger partial charge in [-0.3, -0.25) is 9.20 Å². The van der Waals surface area contributed by atoms with Gasteiger partial charge in [0.25, 0.3) is 0 Å². The van der Waals surface area contributed by atoms with Crippen LogP contribution in [0.3, 0.4) is 0 Å². The summed E-state index contributed by atoms with van der Waals surface area (Å²) in [6.45, 7) is 7.72. The van der Waals surface area contributed by atoms with Crippen LogP contribution in [0, 0.1) is 5.41 Å². The van der Waals surface area contributed by atoms with Gasteiger partial charge in [-0.25, -0.2) is 0 Å². The summed E-state index contributed by atoms with van der Waals surface area (Å²) in [5.74, 6) is 1.88. The lowest BCUT2D eigenvalue weighted by Gasteiger charge is -2.30. The maximum absolute atomic E-state index is 12.1. The molecule has 0 saturated heterocycles. The third-order valence-corrected chi connectivity index (χ3v) is 5.04.